The summed E-state index contributed by atoms with van der Waals surface area (Å²) in [4.78, 5) is 23.5. The predicted molar refractivity (Wildman–Crippen MR) is 81.4 cm³/mol. The molecule has 1 aromatic carbocycles. The van der Waals surface area contributed by atoms with Crippen LogP contribution in [0.5, 0.6) is 0 Å². The molecule has 1 amide bonds. The van der Waals surface area contributed by atoms with Crippen molar-refractivity contribution < 1.29 is 14.3 Å². The molecule has 1 aromatic rings. The number of ether oxygens (including phenoxy) is 1. The van der Waals surface area contributed by atoms with Crippen LogP contribution in [0, 0.1) is 0 Å². The Kier molecular flexibility index (Phi) is 6.52. The standard InChI is InChI=1S/C13H15NO3S2/c1-3-17-13(18)19-11(9(2)15)12(16)14-10-7-5-4-6-8-10/h4-8,11H,3H2,1-2H3,(H,14,16)/t11-/m0/s1. The number of nitrogens with one attached hydrogen (secondary N) is 1. The fourth-order valence-corrected chi connectivity index (χ4v) is 2.42. The SMILES string of the molecule is CCOC(=S)S[C@@H](C(C)=O)C(=O)Nc1ccccc1. The molecule has 6 heteroatoms. The molecule has 0 saturated carbocycles. The first-order chi connectivity index (χ1) is 9.04. The first kappa shape index (κ1) is 15.7. The van der Waals surface area contributed by atoms with E-state index >= 15 is 0 Å². The van der Waals surface area contributed by atoms with Crippen LogP contribution >= 0.6 is 24.0 Å². The van der Waals surface area contributed by atoms with Crippen molar-refractivity contribution in [3.63, 3.8) is 0 Å². The average molecular weight is 297 g/mol. The molecule has 0 fully saturated rings. The minimum absolute atomic E-state index is 0.200. The van der Waals surface area contributed by atoms with Crippen LogP contribution in [-0.4, -0.2) is 27.9 Å². The molecule has 0 unspecified atom stereocenters. The number of carbonyl (C=O) groups is 2. The van der Waals surface area contributed by atoms with E-state index in [0.717, 1.165) is 11.8 Å². The van der Waals surface area contributed by atoms with E-state index in [9.17, 15) is 9.59 Å². The summed E-state index contributed by atoms with van der Waals surface area (Å²) in [5.41, 5.74) is 0.640. The van der Waals surface area contributed by atoms with Gasteiger partial charge in [0.25, 0.3) is 0 Å². The largest absolute Gasteiger partial charge is 0.479 e. The van der Waals surface area contributed by atoms with Gasteiger partial charge in [0.2, 0.25) is 10.3 Å². The van der Waals surface area contributed by atoms with Crippen molar-refractivity contribution in [1.29, 1.82) is 0 Å². The monoisotopic (exact) mass is 297 g/mol. The van der Waals surface area contributed by atoms with Crippen molar-refractivity contribution in [2.75, 3.05) is 11.9 Å². The van der Waals surface area contributed by atoms with E-state index in [0.29, 0.717) is 12.3 Å². The van der Waals surface area contributed by atoms with Crippen LogP contribution in [0.25, 0.3) is 0 Å². The van der Waals surface area contributed by atoms with E-state index in [1.165, 1.54) is 6.92 Å². The molecular formula is C13H15NO3S2. The molecule has 0 aliphatic rings. The van der Waals surface area contributed by atoms with Crippen LogP contribution in [0.1, 0.15) is 13.8 Å². The molecular weight excluding hydrogens is 282 g/mol. The topological polar surface area (TPSA) is 55.4 Å². The average Bonchev–Trinajstić information content (AvgIpc) is 2.37. The van der Waals surface area contributed by atoms with Crippen LogP contribution in [0.4, 0.5) is 5.69 Å². The second-order valence-corrected chi connectivity index (χ2v) is 5.35. The highest BCUT2D eigenvalue weighted by Gasteiger charge is 2.26. The van der Waals surface area contributed by atoms with Crippen LogP contribution in [0.2, 0.25) is 0 Å². The summed E-state index contributed by atoms with van der Waals surface area (Å²) in [6.07, 6.45) is 0. The van der Waals surface area contributed by atoms with E-state index in [4.69, 9.17) is 17.0 Å². The van der Waals surface area contributed by atoms with Crippen molar-refractivity contribution in [2.45, 2.75) is 19.1 Å². The van der Waals surface area contributed by atoms with E-state index in [1.54, 1.807) is 31.2 Å². The summed E-state index contributed by atoms with van der Waals surface area (Å²) in [6, 6.07) is 8.95. The Morgan fingerprint density at radius 3 is 2.53 bits per heavy atom. The molecule has 0 saturated heterocycles. The third kappa shape index (κ3) is 5.40. The summed E-state index contributed by atoms with van der Waals surface area (Å²) in [5, 5.41) is 1.79. The van der Waals surface area contributed by atoms with Gasteiger partial charge in [0, 0.05) is 5.69 Å². The van der Waals surface area contributed by atoms with Gasteiger partial charge in [-0.05, 0) is 38.2 Å². The lowest BCUT2D eigenvalue weighted by Gasteiger charge is -2.14. The number of hydrogen-bond acceptors (Lipinski definition) is 5. The summed E-state index contributed by atoms with van der Waals surface area (Å²) >= 11 is 5.89. The number of carbonyl (C=O) groups excluding carboxylic acids is 2. The number of amides is 1. The van der Waals surface area contributed by atoms with Crippen LogP contribution in [-0.2, 0) is 14.3 Å². The van der Waals surface area contributed by atoms with Crippen LogP contribution in [0.3, 0.4) is 0 Å². The molecule has 0 heterocycles. The van der Waals surface area contributed by atoms with Gasteiger partial charge >= 0.3 is 0 Å². The molecule has 1 rings (SSSR count). The summed E-state index contributed by atoms with van der Waals surface area (Å²) in [6.45, 7) is 3.56. The van der Waals surface area contributed by atoms with Crippen molar-refractivity contribution in [2.24, 2.45) is 0 Å². The molecule has 4 nitrogen and oxygen atoms in total. The maximum atomic E-state index is 12.0. The summed E-state index contributed by atoms with van der Waals surface area (Å²) < 4.78 is 5.28. The molecule has 1 N–H and O–H groups in total. The van der Waals surface area contributed by atoms with Gasteiger partial charge < -0.3 is 10.1 Å². The number of ketones is 1. The molecule has 0 aromatic heterocycles. The molecule has 0 radical (unpaired) electrons. The minimum atomic E-state index is -0.890. The van der Waals surface area contributed by atoms with Gasteiger partial charge in [-0.3, -0.25) is 9.59 Å². The molecule has 19 heavy (non-hydrogen) atoms. The van der Waals surface area contributed by atoms with Crippen molar-refractivity contribution in [1.82, 2.24) is 0 Å². The highest BCUT2D eigenvalue weighted by atomic mass is 32.2. The smallest absolute Gasteiger partial charge is 0.245 e. The minimum Gasteiger partial charge on any atom is -0.479 e. The molecule has 0 aliphatic carbocycles. The zero-order chi connectivity index (χ0) is 14.3. The van der Waals surface area contributed by atoms with Crippen LogP contribution in [0.15, 0.2) is 30.3 Å². The maximum absolute atomic E-state index is 12.0. The van der Waals surface area contributed by atoms with E-state index in [-0.39, 0.29) is 10.2 Å². The third-order valence-corrected chi connectivity index (χ3v) is 3.62. The molecule has 0 aliphatic heterocycles. The van der Waals surface area contributed by atoms with Crippen molar-refractivity contribution >= 4 is 45.7 Å². The van der Waals surface area contributed by atoms with E-state index in [2.05, 4.69) is 5.32 Å². The van der Waals surface area contributed by atoms with E-state index < -0.39 is 11.2 Å². The lowest BCUT2D eigenvalue weighted by atomic mass is 10.2. The molecule has 0 spiro atoms. The van der Waals surface area contributed by atoms with Gasteiger partial charge in [-0.15, -0.1) is 0 Å². The Balaban J connectivity index is 2.68. The number of anilines is 1. The normalized spacial score (nSPS) is 11.5. The Morgan fingerprint density at radius 1 is 1.37 bits per heavy atom. The highest BCUT2D eigenvalue weighted by molar-refractivity contribution is 8.23. The number of para-hydroxylation sites is 1. The fourth-order valence-electron chi connectivity index (χ4n) is 1.30. The summed E-state index contributed by atoms with van der Waals surface area (Å²) in [5.74, 6) is -0.661. The van der Waals surface area contributed by atoms with E-state index in [1.807, 2.05) is 6.07 Å². The zero-order valence-electron chi connectivity index (χ0n) is 10.7. The van der Waals surface area contributed by atoms with Crippen molar-refractivity contribution in [3.05, 3.63) is 30.3 Å². The summed E-state index contributed by atoms with van der Waals surface area (Å²) in [7, 11) is 0. The highest BCUT2D eigenvalue weighted by Crippen LogP contribution is 2.18. The Hall–Kier alpha value is -1.40. The van der Waals surface area contributed by atoms with Gasteiger partial charge in [0.05, 0.1) is 6.61 Å². The first-order valence-corrected chi connectivity index (χ1v) is 7.03. The first-order valence-electron chi connectivity index (χ1n) is 5.74. The number of thiocarbonyl (C=S) groups is 1. The van der Waals surface area contributed by atoms with Gasteiger partial charge in [0.15, 0.2) is 11.0 Å². The molecule has 0 bridgehead atoms. The number of hydrogen-bond donors (Lipinski definition) is 1. The number of rotatable bonds is 5. The van der Waals surface area contributed by atoms with Crippen molar-refractivity contribution in [3.8, 4) is 0 Å². The Labute approximate surface area is 121 Å². The van der Waals surface area contributed by atoms with Gasteiger partial charge in [-0.25, -0.2) is 0 Å². The van der Waals surface area contributed by atoms with Gasteiger partial charge in [-0.1, -0.05) is 30.0 Å². The molecule has 1 atom stereocenters. The zero-order valence-corrected chi connectivity index (χ0v) is 12.3. The number of Topliss-reactive ketones (excluding diaryl/α,β-unsaturated/α-hetero) is 1. The Bertz CT molecular complexity index is 462. The van der Waals surface area contributed by atoms with Crippen LogP contribution < -0.4 is 5.32 Å². The van der Waals surface area contributed by atoms with Gasteiger partial charge in [-0.2, -0.15) is 0 Å². The number of benzene rings is 1. The quantitative estimate of drug-likeness (QED) is 0.669. The second-order valence-electron chi connectivity index (χ2n) is 3.65. The lowest BCUT2D eigenvalue weighted by molar-refractivity contribution is -0.123. The third-order valence-electron chi connectivity index (χ3n) is 2.12. The predicted octanol–water partition coefficient (Wildman–Crippen LogP) is 2.64. The van der Waals surface area contributed by atoms with Gasteiger partial charge in [0.1, 0.15) is 0 Å². The number of thioether (sulfide) groups is 1. The second kappa shape index (κ2) is 7.91. The lowest BCUT2D eigenvalue weighted by Crippen LogP contribution is -2.32. The Morgan fingerprint density at radius 2 is 2.00 bits per heavy atom. The maximum Gasteiger partial charge on any atom is 0.245 e. The molecule has 102 valence electrons. The fraction of sp³-hybridized carbons (Fsp3) is 0.308.